The van der Waals surface area contributed by atoms with Gasteiger partial charge in [-0.05, 0) is 55.7 Å². The number of nitrogens with zero attached hydrogens (tertiary/aromatic N) is 3. The van der Waals surface area contributed by atoms with Crippen LogP contribution in [0.25, 0.3) is 10.2 Å². The molecule has 2 aliphatic heterocycles. The van der Waals surface area contributed by atoms with E-state index in [1.807, 2.05) is 18.2 Å². The number of piperidine rings is 2. The number of halogens is 1. The molecule has 27 heavy (non-hydrogen) atoms. The number of nitriles is 1. The SMILES string of the molecule is CC(CC(=O)N1C2CC3CC1CC(C2)C3C#N)c1nc2ccc(Cl)cc2s1. The summed E-state index contributed by atoms with van der Waals surface area (Å²) in [7, 11) is 0. The number of benzene rings is 1. The predicted molar refractivity (Wildman–Crippen MR) is 107 cm³/mol. The van der Waals surface area contributed by atoms with Crippen molar-refractivity contribution in [2.24, 2.45) is 17.8 Å². The minimum atomic E-state index is 0.109. The number of hydrogen-bond donors (Lipinski definition) is 0. The zero-order valence-electron chi connectivity index (χ0n) is 15.3. The average Bonchev–Trinajstić information content (AvgIpc) is 3.04. The van der Waals surface area contributed by atoms with Crippen molar-refractivity contribution in [3.05, 3.63) is 28.2 Å². The third-order valence-electron chi connectivity index (χ3n) is 6.81. The number of amides is 1. The van der Waals surface area contributed by atoms with Crippen LogP contribution in [0.2, 0.25) is 5.02 Å². The lowest BCUT2D eigenvalue weighted by atomic mass is 9.58. The summed E-state index contributed by atoms with van der Waals surface area (Å²) in [4.78, 5) is 20.1. The molecule has 2 saturated heterocycles. The summed E-state index contributed by atoms with van der Waals surface area (Å²) in [6.45, 7) is 2.10. The highest BCUT2D eigenvalue weighted by Gasteiger charge is 2.53. The predicted octanol–water partition coefficient (Wildman–Crippen LogP) is 4.98. The van der Waals surface area contributed by atoms with Crippen LogP contribution in [0.1, 0.15) is 50.0 Å². The Bertz CT molecular complexity index is 919. The molecule has 4 aliphatic rings. The third kappa shape index (κ3) is 2.85. The molecule has 1 aromatic carbocycles. The highest BCUT2D eigenvalue weighted by molar-refractivity contribution is 7.18. The van der Waals surface area contributed by atoms with E-state index in [9.17, 15) is 10.1 Å². The molecule has 2 saturated carbocycles. The third-order valence-corrected chi connectivity index (χ3v) is 8.29. The van der Waals surface area contributed by atoms with Gasteiger partial charge in [-0.15, -0.1) is 11.3 Å². The maximum atomic E-state index is 13.2. The first-order valence-electron chi connectivity index (χ1n) is 9.80. The van der Waals surface area contributed by atoms with Crippen molar-refractivity contribution in [1.29, 1.82) is 5.26 Å². The number of thiazole rings is 1. The van der Waals surface area contributed by atoms with Gasteiger partial charge >= 0.3 is 0 Å². The number of rotatable bonds is 3. The Kier molecular flexibility index (Phi) is 4.18. The summed E-state index contributed by atoms with van der Waals surface area (Å²) in [5.41, 5.74) is 0.955. The number of carbonyl (C=O) groups excluding carboxylic acids is 1. The van der Waals surface area contributed by atoms with Gasteiger partial charge in [0.25, 0.3) is 0 Å². The van der Waals surface area contributed by atoms with Gasteiger partial charge in [0.1, 0.15) is 0 Å². The minimum absolute atomic E-state index is 0.109. The van der Waals surface area contributed by atoms with Crippen LogP contribution >= 0.6 is 22.9 Å². The van der Waals surface area contributed by atoms with E-state index in [-0.39, 0.29) is 17.7 Å². The van der Waals surface area contributed by atoms with Gasteiger partial charge in [-0.25, -0.2) is 4.98 Å². The van der Waals surface area contributed by atoms with Crippen LogP contribution < -0.4 is 0 Å². The largest absolute Gasteiger partial charge is 0.337 e. The van der Waals surface area contributed by atoms with Gasteiger partial charge < -0.3 is 4.90 Å². The summed E-state index contributed by atoms with van der Waals surface area (Å²) in [5, 5.41) is 11.2. The van der Waals surface area contributed by atoms with Crippen LogP contribution in [0.15, 0.2) is 18.2 Å². The molecule has 2 aromatic rings. The molecule has 140 valence electrons. The second-order valence-corrected chi connectivity index (χ2v) is 9.99. The molecule has 2 aliphatic carbocycles. The van der Waals surface area contributed by atoms with Crippen LogP contribution in [-0.2, 0) is 4.79 Å². The number of aromatic nitrogens is 1. The van der Waals surface area contributed by atoms with Crippen molar-refractivity contribution < 1.29 is 4.79 Å². The van der Waals surface area contributed by atoms with Gasteiger partial charge in [0.15, 0.2) is 0 Å². The Morgan fingerprint density at radius 2 is 2.00 bits per heavy atom. The molecular formula is C21H22ClN3OS. The minimum Gasteiger partial charge on any atom is -0.337 e. The Morgan fingerprint density at radius 3 is 2.63 bits per heavy atom. The standard InChI is InChI=1S/C21H22ClN3OS/c1-11(21-24-18-3-2-14(22)9-19(18)27-21)4-20(26)25-15-5-12-6-16(25)8-13(7-15)17(12)10-23/h2-3,9,11-13,15-17H,4-8H2,1H3. The lowest BCUT2D eigenvalue weighted by molar-refractivity contribution is -0.152. The second-order valence-electron chi connectivity index (χ2n) is 8.50. The van der Waals surface area contributed by atoms with Crippen molar-refractivity contribution in [3.8, 4) is 6.07 Å². The quantitative estimate of drug-likeness (QED) is 0.731. The Hall–Kier alpha value is -1.64. The van der Waals surface area contributed by atoms with Gasteiger partial charge in [0.2, 0.25) is 5.91 Å². The highest BCUT2D eigenvalue weighted by atomic mass is 35.5. The van der Waals surface area contributed by atoms with E-state index >= 15 is 0 Å². The summed E-state index contributed by atoms with van der Waals surface area (Å²) in [5.74, 6) is 1.61. The summed E-state index contributed by atoms with van der Waals surface area (Å²) in [6.07, 6.45) is 4.59. The van der Waals surface area contributed by atoms with Gasteiger partial charge in [0.05, 0.1) is 27.2 Å². The van der Waals surface area contributed by atoms with E-state index in [1.54, 1.807) is 11.3 Å². The van der Waals surface area contributed by atoms with Crippen LogP contribution in [-0.4, -0.2) is 27.9 Å². The van der Waals surface area contributed by atoms with E-state index in [2.05, 4.69) is 17.9 Å². The molecule has 4 fully saturated rings. The van der Waals surface area contributed by atoms with Crippen molar-refractivity contribution in [1.82, 2.24) is 9.88 Å². The first-order valence-corrected chi connectivity index (χ1v) is 11.0. The fraction of sp³-hybridized carbons (Fsp3) is 0.571. The van der Waals surface area contributed by atoms with E-state index < -0.39 is 0 Å². The lowest BCUT2D eigenvalue weighted by Gasteiger charge is -2.58. The maximum Gasteiger partial charge on any atom is 0.223 e. The van der Waals surface area contributed by atoms with E-state index in [0.29, 0.717) is 30.3 Å². The van der Waals surface area contributed by atoms with Gasteiger partial charge in [-0.1, -0.05) is 18.5 Å². The lowest BCUT2D eigenvalue weighted by Crippen LogP contribution is -2.62. The molecule has 1 aromatic heterocycles. The normalized spacial score (nSPS) is 32.6. The molecule has 4 bridgehead atoms. The van der Waals surface area contributed by atoms with E-state index in [1.165, 1.54) is 0 Å². The van der Waals surface area contributed by atoms with Crippen LogP contribution in [0.3, 0.4) is 0 Å². The first-order chi connectivity index (χ1) is 13.0. The van der Waals surface area contributed by atoms with Crippen molar-refractivity contribution in [2.45, 2.75) is 57.0 Å². The molecule has 1 unspecified atom stereocenters. The molecule has 4 nitrogen and oxygen atoms in total. The Labute approximate surface area is 168 Å². The fourth-order valence-electron chi connectivity index (χ4n) is 5.71. The molecule has 0 N–H and O–H groups in total. The number of hydrogen-bond acceptors (Lipinski definition) is 4. The molecule has 6 heteroatoms. The van der Waals surface area contributed by atoms with Crippen LogP contribution in [0, 0.1) is 29.1 Å². The molecule has 0 spiro atoms. The smallest absolute Gasteiger partial charge is 0.223 e. The first kappa shape index (κ1) is 17.5. The molecular weight excluding hydrogens is 378 g/mol. The van der Waals surface area contributed by atoms with Crippen LogP contribution in [0.5, 0.6) is 0 Å². The Balaban J connectivity index is 1.31. The van der Waals surface area contributed by atoms with Crippen molar-refractivity contribution >= 4 is 39.1 Å². The van der Waals surface area contributed by atoms with Crippen LogP contribution in [0.4, 0.5) is 0 Å². The van der Waals surface area contributed by atoms with Crippen molar-refractivity contribution in [2.75, 3.05) is 0 Å². The highest BCUT2D eigenvalue weighted by Crippen LogP contribution is 2.52. The summed E-state index contributed by atoms with van der Waals surface area (Å²) in [6, 6.07) is 8.99. The Morgan fingerprint density at radius 1 is 1.33 bits per heavy atom. The summed E-state index contributed by atoms with van der Waals surface area (Å²) < 4.78 is 1.08. The summed E-state index contributed by atoms with van der Waals surface area (Å²) >= 11 is 7.72. The zero-order chi connectivity index (χ0) is 18.7. The maximum absolute atomic E-state index is 13.2. The average molecular weight is 400 g/mol. The fourth-order valence-corrected chi connectivity index (χ4v) is 7.00. The number of carbonyl (C=O) groups is 1. The molecule has 6 rings (SSSR count). The molecule has 3 heterocycles. The second kappa shape index (κ2) is 6.46. The molecule has 1 atom stereocenters. The van der Waals surface area contributed by atoms with Gasteiger partial charge in [-0.2, -0.15) is 5.26 Å². The molecule has 0 radical (unpaired) electrons. The van der Waals surface area contributed by atoms with E-state index in [0.717, 1.165) is 45.9 Å². The monoisotopic (exact) mass is 399 g/mol. The van der Waals surface area contributed by atoms with Crippen molar-refractivity contribution in [3.63, 3.8) is 0 Å². The molecule has 1 amide bonds. The van der Waals surface area contributed by atoms with Gasteiger partial charge in [0, 0.05) is 29.4 Å². The topological polar surface area (TPSA) is 57.0 Å². The van der Waals surface area contributed by atoms with Gasteiger partial charge in [-0.3, -0.25) is 4.79 Å². The zero-order valence-corrected chi connectivity index (χ0v) is 16.8. The van der Waals surface area contributed by atoms with E-state index in [4.69, 9.17) is 16.6 Å². The number of fused-ring (bicyclic) bond motifs is 1.